The van der Waals surface area contributed by atoms with Crippen molar-refractivity contribution in [2.24, 2.45) is 5.10 Å². The van der Waals surface area contributed by atoms with Crippen LogP contribution in [0.15, 0.2) is 61.9 Å². The number of halogens is 2. The second-order valence-electron chi connectivity index (χ2n) is 5.03. The maximum atomic E-state index is 6.00. The van der Waals surface area contributed by atoms with Gasteiger partial charge in [-0.2, -0.15) is 5.10 Å². The number of nitrogens with zero attached hydrogens (tertiary/aromatic N) is 2. The lowest BCUT2D eigenvalue weighted by Crippen LogP contribution is -2.00. The number of benzene rings is 2. The van der Waals surface area contributed by atoms with Gasteiger partial charge in [-0.15, -0.1) is 11.3 Å². The van der Waals surface area contributed by atoms with Crippen LogP contribution in [0.2, 0.25) is 0 Å². The summed E-state index contributed by atoms with van der Waals surface area (Å²) in [6, 6.07) is 13.9. The van der Waals surface area contributed by atoms with Crippen LogP contribution in [0, 0.1) is 0 Å². The van der Waals surface area contributed by atoms with E-state index in [9.17, 15) is 0 Å². The van der Waals surface area contributed by atoms with E-state index in [1.165, 1.54) is 11.3 Å². The Morgan fingerprint density at radius 1 is 1.24 bits per heavy atom. The lowest BCUT2D eigenvalue weighted by atomic mass is 10.2. The third-order valence-electron chi connectivity index (χ3n) is 3.15. The lowest BCUT2D eigenvalue weighted by molar-refractivity contribution is 0.304. The maximum Gasteiger partial charge on any atom is 0.205 e. The SMILES string of the molecule is Nc1csc(NN=Cc2cc(Br)cc(Br)c2OCc2ccccc2)n1. The Balaban J connectivity index is 1.77. The third kappa shape index (κ3) is 5.04. The zero-order chi connectivity index (χ0) is 17.6. The molecule has 0 aliphatic rings. The summed E-state index contributed by atoms with van der Waals surface area (Å²) in [4.78, 5) is 4.10. The van der Waals surface area contributed by atoms with Crippen LogP contribution >= 0.6 is 43.2 Å². The molecule has 25 heavy (non-hydrogen) atoms. The summed E-state index contributed by atoms with van der Waals surface area (Å²) >= 11 is 8.43. The second-order valence-corrected chi connectivity index (χ2v) is 7.66. The van der Waals surface area contributed by atoms with Crippen LogP contribution in [-0.2, 0) is 6.61 Å². The largest absolute Gasteiger partial charge is 0.487 e. The molecule has 0 bridgehead atoms. The highest BCUT2D eigenvalue weighted by atomic mass is 79.9. The quantitative estimate of drug-likeness (QED) is 0.371. The van der Waals surface area contributed by atoms with E-state index in [4.69, 9.17) is 10.5 Å². The summed E-state index contributed by atoms with van der Waals surface area (Å²) < 4.78 is 7.76. The zero-order valence-corrected chi connectivity index (χ0v) is 16.9. The maximum absolute atomic E-state index is 6.00. The van der Waals surface area contributed by atoms with E-state index in [0.717, 1.165) is 25.8 Å². The zero-order valence-electron chi connectivity index (χ0n) is 12.9. The molecule has 3 rings (SSSR count). The lowest BCUT2D eigenvalue weighted by Gasteiger charge is -2.12. The number of hydrogen-bond donors (Lipinski definition) is 2. The first-order valence-corrected chi connectivity index (χ1v) is 9.74. The molecule has 8 heteroatoms. The number of rotatable bonds is 6. The highest BCUT2D eigenvalue weighted by molar-refractivity contribution is 9.11. The average molecular weight is 482 g/mol. The molecule has 0 radical (unpaired) electrons. The number of ether oxygens (including phenoxy) is 1. The van der Waals surface area contributed by atoms with Gasteiger partial charge in [0.1, 0.15) is 18.2 Å². The van der Waals surface area contributed by atoms with Crippen molar-refractivity contribution in [3.63, 3.8) is 0 Å². The van der Waals surface area contributed by atoms with Crippen molar-refractivity contribution in [2.45, 2.75) is 6.61 Å². The highest BCUT2D eigenvalue weighted by Crippen LogP contribution is 2.32. The predicted molar refractivity (Wildman–Crippen MR) is 110 cm³/mol. The molecule has 3 aromatic rings. The Kier molecular flexibility index (Phi) is 6.06. The van der Waals surface area contributed by atoms with E-state index in [1.807, 2.05) is 42.5 Å². The van der Waals surface area contributed by atoms with E-state index in [-0.39, 0.29) is 0 Å². The Bertz CT molecular complexity index is 884. The first kappa shape index (κ1) is 17.9. The Hall–Kier alpha value is -1.90. The number of nitrogens with one attached hydrogen (secondary N) is 1. The Labute approximate surface area is 166 Å². The molecule has 1 heterocycles. The molecule has 0 fully saturated rings. The average Bonchev–Trinajstić information content (AvgIpc) is 3.00. The van der Waals surface area contributed by atoms with E-state index >= 15 is 0 Å². The summed E-state index contributed by atoms with van der Waals surface area (Å²) in [7, 11) is 0. The van der Waals surface area contributed by atoms with E-state index in [2.05, 4.69) is 47.4 Å². The second kappa shape index (κ2) is 8.46. The summed E-state index contributed by atoms with van der Waals surface area (Å²) in [6.45, 7) is 0.471. The summed E-state index contributed by atoms with van der Waals surface area (Å²) in [6.07, 6.45) is 1.69. The smallest absolute Gasteiger partial charge is 0.205 e. The van der Waals surface area contributed by atoms with E-state index < -0.39 is 0 Å². The van der Waals surface area contributed by atoms with Gasteiger partial charge >= 0.3 is 0 Å². The van der Waals surface area contributed by atoms with Crippen LogP contribution < -0.4 is 15.9 Å². The van der Waals surface area contributed by atoms with Crippen LogP contribution in [0.25, 0.3) is 0 Å². The van der Waals surface area contributed by atoms with E-state index in [0.29, 0.717) is 17.6 Å². The van der Waals surface area contributed by atoms with Gasteiger partial charge in [0, 0.05) is 15.4 Å². The Morgan fingerprint density at radius 2 is 2.04 bits per heavy atom. The predicted octanol–water partition coefficient (Wildman–Crippen LogP) is 5.28. The van der Waals surface area contributed by atoms with Gasteiger partial charge in [0.15, 0.2) is 0 Å². The molecule has 0 unspecified atom stereocenters. The van der Waals surface area contributed by atoms with Gasteiger partial charge in [-0.1, -0.05) is 46.3 Å². The first-order chi connectivity index (χ1) is 12.1. The Morgan fingerprint density at radius 3 is 2.76 bits per heavy atom. The number of nitrogens with two attached hydrogens (primary N) is 1. The molecule has 1 aromatic heterocycles. The number of aromatic nitrogens is 1. The van der Waals surface area contributed by atoms with Gasteiger partial charge in [-0.3, -0.25) is 5.43 Å². The number of hydrogen-bond acceptors (Lipinski definition) is 6. The minimum Gasteiger partial charge on any atom is -0.487 e. The summed E-state index contributed by atoms with van der Waals surface area (Å²) in [5.41, 5.74) is 10.4. The molecule has 3 N–H and O–H groups in total. The molecular formula is C17H14Br2N4OS. The molecule has 0 atom stereocenters. The monoisotopic (exact) mass is 480 g/mol. The van der Waals surface area contributed by atoms with Crippen molar-refractivity contribution in [3.05, 3.63) is 67.9 Å². The number of anilines is 2. The van der Waals surface area contributed by atoms with Crippen molar-refractivity contribution in [1.82, 2.24) is 4.98 Å². The van der Waals surface area contributed by atoms with Crippen molar-refractivity contribution in [2.75, 3.05) is 11.2 Å². The van der Waals surface area contributed by atoms with Gasteiger partial charge in [0.05, 0.1) is 10.7 Å². The van der Waals surface area contributed by atoms with Gasteiger partial charge in [0.25, 0.3) is 0 Å². The van der Waals surface area contributed by atoms with Crippen LogP contribution in [0.3, 0.4) is 0 Å². The fourth-order valence-electron chi connectivity index (χ4n) is 2.05. The molecule has 0 spiro atoms. The first-order valence-electron chi connectivity index (χ1n) is 7.27. The van der Waals surface area contributed by atoms with Crippen LogP contribution in [0.4, 0.5) is 10.9 Å². The summed E-state index contributed by atoms with van der Waals surface area (Å²) in [5.74, 6) is 1.19. The fourth-order valence-corrected chi connectivity index (χ4v) is 3.97. The summed E-state index contributed by atoms with van der Waals surface area (Å²) in [5, 5.41) is 6.60. The van der Waals surface area contributed by atoms with Gasteiger partial charge in [-0.25, -0.2) is 4.98 Å². The normalized spacial score (nSPS) is 11.0. The number of thiazole rings is 1. The molecule has 0 amide bonds. The van der Waals surface area contributed by atoms with Crippen molar-refractivity contribution in [1.29, 1.82) is 0 Å². The minimum absolute atomic E-state index is 0.471. The molecule has 128 valence electrons. The molecule has 0 aliphatic heterocycles. The number of hydrazone groups is 1. The molecule has 0 saturated heterocycles. The standard InChI is InChI=1S/C17H14Br2N4OS/c18-13-6-12(8-21-23-17-22-15(20)10-25-17)16(14(19)7-13)24-9-11-4-2-1-3-5-11/h1-8,10H,9,20H2,(H,22,23). The van der Waals surface area contributed by atoms with Crippen LogP contribution in [0.1, 0.15) is 11.1 Å². The van der Waals surface area contributed by atoms with Gasteiger partial charge in [-0.05, 0) is 33.6 Å². The molecule has 0 saturated carbocycles. The van der Waals surface area contributed by atoms with Gasteiger partial charge < -0.3 is 10.5 Å². The molecule has 2 aromatic carbocycles. The van der Waals surface area contributed by atoms with Crippen molar-refractivity contribution < 1.29 is 4.74 Å². The minimum atomic E-state index is 0.471. The van der Waals surface area contributed by atoms with E-state index in [1.54, 1.807) is 11.6 Å². The third-order valence-corrected chi connectivity index (χ3v) is 4.96. The molecule has 5 nitrogen and oxygen atoms in total. The number of nitrogen functional groups attached to an aromatic ring is 1. The fraction of sp³-hybridized carbons (Fsp3) is 0.0588. The van der Waals surface area contributed by atoms with Crippen LogP contribution in [0.5, 0.6) is 5.75 Å². The highest BCUT2D eigenvalue weighted by Gasteiger charge is 2.09. The van der Waals surface area contributed by atoms with Crippen molar-refractivity contribution in [3.8, 4) is 5.75 Å². The van der Waals surface area contributed by atoms with Crippen LogP contribution in [-0.4, -0.2) is 11.2 Å². The van der Waals surface area contributed by atoms with Crippen molar-refractivity contribution >= 4 is 60.4 Å². The molecular weight excluding hydrogens is 468 g/mol. The molecule has 0 aliphatic carbocycles. The topological polar surface area (TPSA) is 72.5 Å². The van der Waals surface area contributed by atoms with Gasteiger partial charge in [0.2, 0.25) is 5.13 Å².